The molecule has 0 saturated carbocycles. The van der Waals surface area contributed by atoms with Crippen LogP contribution in [0.4, 0.5) is 23.7 Å². The van der Waals surface area contributed by atoms with Crippen molar-refractivity contribution in [3.63, 3.8) is 0 Å². The summed E-state index contributed by atoms with van der Waals surface area (Å²) >= 11 is 0. The van der Waals surface area contributed by atoms with Crippen molar-refractivity contribution in [3.05, 3.63) is 29.6 Å². The third-order valence-electron chi connectivity index (χ3n) is 2.23. The number of halogens is 3. The Bertz CT molecular complexity index is 501. The average Bonchev–Trinajstić information content (AvgIpc) is 2.33. The number of nitrogens with one attached hydrogen (secondary N) is 2. The standard InChI is InChI=1S/C11H11F3N2O4/c12-5-3-6(13)9(7(14)4-5)16-11(20)15-2-1-8(17)10(18)19/h3-4,8,17H,1-2H2,(H,18,19)(H2,15,16,20). The Kier molecular flexibility index (Phi) is 5.32. The van der Waals surface area contributed by atoms with Gasteiger partial charge in [0.05, 0.1) is 0 Å². The van der Waals surface area contributed by atoms with Crippen LogP contribution in [0, 0.1) is 17.5 Å². The maximum atomic E-state index is 13.2. The number of anilines is 1. The Hall–Kier alpha value is -2.29. The molecule has 0 fully saturated rings. The molecule has 1 aromatic carbocycles. The molecular weight excluding hydrogens is 281 g/mol. The molecule has 20 heavy (non-hydrogen) atoms. The van der Waals surface area contributed by atoms with E-state index < -0.39 is 41.2 Å². The summed E-state index contributed by atoms with van der Waals surface area (Å²) in [6, 6.07) is -0.230. The second-order valence-electron chi connectivity index (χ2n) is 3.77. The summed E-state index contributed by atoms with van der Waals surface area (Å²) in [5.74, 6) is -5.16. The van der Waals surface area contributed by atoms with Gasteiger partial charge < -0.3 is 20.8 Å². The van der Waals surface area contributed by atoms with E-state index in [1.807, 2.05) is 5.32 Å². The van der Waals surface area contributed by atoms with Crippen LogP contribution in [0.25, 0.3) is 0 Å². The number of carboxylic acid groups (broad SMARTS) is 1. The lowest BCUT2D eigenvalue weighted by atomic mass is 10.2. The summed E-state index contributed by atoms with van der Waals surface area (Å²) in [6.45, 7) is -0.232. The minimum Gasteiger partial charge on any atom is -0.479 e. The van der Waals surface area contributed by atoms with E-state index in [2.05, 4.69) is 5.32 Å². The van der Waals surface area contributed by atoms with E-state index >= 15 is 0 Å². The van der Waals surface area contributed by atoms with Gasteiger partial charge in [-0.1, -0.05) is 0 Å². The van der Waals surface area contributed by atoms with Crippen LogP contribution in [0.5, 0.6) is 0 Å². The molecular formula is C11H11F3N2O4. The fraction of sp³-hybridized carbons (Fsp3) is 0.273. The largest absolute Gasteiger partial charge is 0.479 e. The van der Waals surface area contributed by atoms with Gasteiger partial charge in [-0.3, -0.25) is 0 Å². The number of carboxylic acids is 1. The molecule has 0 radical (unpaired) electrons. The van der Waals surface area contributed by atoms with Gasteiger partial charge in [0, 0.05) is 25.1 Å². The normalized spacial score (nSPS) is 11.8. The summed E-state index contributed by atoms with van der Waals surface area (Å²) < 4.78 is 39.0. The number of rotatable bonds is 5. The van der Waals surface area contributed by atoms with Crippen molar-refractivity contribution in [2.45, 2.75) is 12.5 Å². The molecule has 1 atom stereocenters. The Morgan fingerprint density at radius 3 is 2.25 bits per heavy atom. The first-order chi connectivity index (χ1) is 9.31. The fourth-order valence-corrected chi connectivity index (χ4v) is 1.27. The molecule has 0 aliphatic carbocycles. The van der Waals surface area contributed by atoms with Gasteiger partial charge in [0.15, 0.2) is 17.7 Å². The molecule has 0 aliphatic rings. The lowest BCUT2D eigenvalue weighted by Gasteiger charge is -2.10. The number of urea groups is 1. The topological polar surface area (TPSA) is 98.7 Å². The molecule has 1 rings (SSSR count). The van der Waals surface area contributed by atoms with Crippen molar-refractivity contribution >= 4 is 17.7 Å². The summed E-state index contributed by atoms with van der Waals surface area (Å²) in [7, 11) is 0. The number of amides is 2. The maximum Gasteiger partial charge on any atom is 0.332 e. The Balaban J connectivity index is 2.53. The smallest absolute Gasteiger partial charge is 0.332 e. The van der Waals surface area contributed by atoms with Crippen LogP contribution < -0.4 is 10.6 Å². The van der Waals surface area contributed by atoms with Crippen LogP contribution in [-0.2, 0) is 4.79 Å². The molecule has 1 aromatic rings. The van der Waals surface area contributed by atoms with Crippen LogP contribution >= 0.6 is 0 Å². The summed E-state index contributed by atoms with van der Waals surface area (Å²) in [4.78, 5) is 21.5. The predicted octanol–water partition coefficient (Wildman–Crippen LogP) is 1.06. The van der Waals surface area contributed by atoms with E-state index in [0.29, 0.717) is 12.1 Å². The molecule has 0 bridgehead atoms. The van der Waals surface area contributed by atoms with Gasteiger partial charge in [-0.05, 0) is 0 Å². The molecule has 110 valence electrons. The first-order valence-electron chi connectivity index (χ1n) is 5.41. The summed E-state index contributed by atoms with van der Waals surface area (Å²) in [6.07, 6.45) is -1.94. The fourth-order valence-electron chi connectivity index (χ4n) is 1.27. The predicted molar refractivity (Wildman–Crippen MR) is 61.6 cm³/mol. The minimum atomic E-state index is -1.66. The lowest BCUT2D eigenvalue weighted by molar-refractivity contribution is -0.146. The number of aliphatic carboxylic acids is 1. The monoisotopic (exact) mass is 292 g/mol. The van der Waals surface area contributed by atoms with Crippen molar-refractivity contribution in [2.75, 3.05) is 11.9 Å². The Morgan fingerprint density at radius 2 is 1.75 bits per heavy atom. The van der Waals surface area contributed by atoms with Crippen molar-refractivity contribution < 1.29 is 33.0 Å². The highest BCUT2D eigenvalue weighted by Gasteiger charge is 2.15. The number of carbonyl (C=O) groups excluding carboxylic acids is 1. The number of benzene rings is 1. The maximum absolute atomic E-state index is 13.2. The molecule has 0 saturated heterocycles. The van der Waals surface area contributed by atoms with E-state index in [9.17, 15) is 22.8 Å². The van der Waals surface area contributed by atoms with Gasteiger partial charge >= 0.3 is 12.0 Å². The molecule has 6 nitrogen and oxygen atoms in total. The quantitative estimate of drug-likeness (QED) is 0.652. The average molecular weight is 292 g/mol. The Labute approximate surface area is 111 Å². The van der Waals surface area contributed by atoms with Gasteiger partial charge in [0.1, 0.15) is 11.5 Å². The van der Waals surface area contributed by atoms with E-state index in [4.69, 9.17) is 10.2 Å². The minimum absolute atomic E-state index is 0.232. The van der Waals surface area contributed by atoms with Gasteiger partial charge in [-0.2, -0.15) is 0 Å². The highest BCUT2D eigenvalue weighted by molar-refractivity contribution is 5.89. The highest BCUT2D eigenvalue weighted by Crippen LogP contribution is 2.19. The highest BCUT2D eigenvalue weighted by atomic mass is 19.1. The van der Waals surface area contributed by atoms with Gasteiger partial charge in [0.25, 0.3) is 0 Å². The van der Waals surface area contributed by atoms with Crippen molar-refractivity contribution in [2.24, 2.45) is 0 Å². The summed E-state index contributed by atoms with van der Waals surface area (Å²) in [5, 5.41) is 21.2. The second-order valence-corrected chi connectivity index (χ2v) is 3.77. The van der Waals surface area contributed by atoms with Crippen LogP contribution in [0.15, 0.2) is 12.1 Å². The van der Waals surface area contributed by atoms with Gasteiger partial charge in [-0.25, -0.2) is 22.8 Å². The number of aliphatic hydroxyl groups excluding tert-OH is 1. The number of aliphatic hydroxyl groups is 1. The van der Waals surface area contributed by atoms with Gasteiger partial charge in [-0.15, -0.1) is 0 Å². The SMILES string of the molecule is O=C(NCCC(O)C(=O)O)Nc1c(F)cc(F)cc1F. The molecule has 0 heterocycles. The third-order valence-corrected chi connectivity index (χ3v) is 2.23. The second kappa shape index (κ2) is 6.75. The van der Waals surface area contributed by atoms with Crippen LogP contribution in [0.3, 0.4) is 0 Å². The summed E-state index contributed by atoms with van der Waals surface area (Å²) in [5.41, 5.74) is -0.831. The molecule has 0 aromatic heterocycles. The zero-order chi connectivity index (χ0) is 15.3. The zero-order valence-electron chi connectivity index (χ0n) is 9.99. The lowest BCUT2D eigenvalue weighted by Crippen LogP contribution is -2.33. The molecule has 9 heteroatoms. The van der Waals surface area contributed by atoms with Crippen molar-refractivity contribution in [1.29, 1.82) is 0 Å². The van der Waals surface area contributed by atoms with Gasteiger partial charge in [0.2, 0.25) is 0 Å². The van der Waals surface area contributed by atoms with Crippen molar-refractivity contribution in [3.8, 4) is 0 Å². The van der Waals surface area contributed by atoms with E-state index in [-0.39, 0.29) is 13.0 Å². The van der Waals surface area contributed by atoms with E-state index in [0.717, 1.165) is 0 Å². The van der Waals surface area contributed by atoms with E-state index in [1.165, 1.54) is 0 Å². The Morgan fingerprint density at radius 1 is 1.20 bits per heavy atom. The van der Waals surface area contributed by atoms with E-state index in [1.54, 1.807) is 0 Å². The molecule has 0 aliphatic heterocycles. The van der Waals surface area contributed by atoms with Crippen LogP contribution in [-0.4, -0.2) is 34.9 Å². The number of hydrogen-bond donors (Lipinski definition) is 4. The van der Waals surface area contributed by atoms with Crippen molar-refractivity contribution in [1.82, 2.24) is 5.32 Å². The molecule has 4 N–H and O–H groups in total. The molecule has 1 unspecified atom stereocenters. The molecule has 0 spiro atoms. The van der Waals surface area contributed by atoms with Crippen LogP contribution in [0.1, 0.15) is 6.42 Å². The first kappa shape index (κ1) is 15.8. The molecule has 2 amide bonds. The number of hydrogen-bond acceptors (Lipinski definition) is 3. The zero-order valence-corrected chi connectivity index (χ0v) is 9.99. The first-order valence-corrected chi connectivity index (χ1v) is 5.41. The van der Waals surface area contributed by atoms with Crippen LogP contribution in [0.2, 0.25) is 0 Å². The number of carbonyl (C=O) groups is 2. The third kappa shape index (κ3) is 4.43.